The van der Waals surface area contributed by atoms with E-state index in [2.05, 4.69) is 26.5 Å². The number of nitrogens with zero attached hydrogens (tertiary/aromatic N) is 2. The Kier molecular flexibility index (Phi) is 8.62. The molecule has 0 unspecified atom stereocenters. The maximum atomic E-state index is 13.7. The van der Waals surface area contributed by atoms with E-state index in [1.165, 1.54) is 23.9 Å². The average Bonchev–Trinajstić information content (AvgIpc) is 2.87. The second-order valence-corrected chi connectivity index (χ2v) is 8.95. The third kappa shape index (κ3) is 6.62. The SMILES string of the molecule is O=C(CSCC(=O)Nc1ccc(N2CCOCC2)cc1N1CCOCC1)Nc1ccccc1F. The van der Waals surface area contributed by atoms with Crippen LogP contribution in [0, 0.1) is 5.82 Å². The van der Waals surface area contributed by atoms with Crippen LogP contribution in [-0.2, 0) is 19.1 Å². The van der Waals surface area contributed by atoms with Gasteiger partial charge in [-0.15, -0.1) is 11.8 Å². The molecule has 2 saturated heterocycles. The molecule has 2 aliphatic rings. The first-order valence-electron chi connectivity index (χ1n) is 11.3. The van der Waals surface area contributed by atoms with Gasteiger partial charge < -0.3 is 29.9 Å². The number of hydrogen-bond acceptors (Lipinski definition) is 7. The monoisotopic (exact) mass is 488 g/mol. The predicted molar refractivity (Wildman–Crippen MR) is 133 cm³/mol. The van der Waals surface area contributed by atoms with Crippen LogP contribution in [0.5, 0.6) is 0 Å². The summed E-state index contributed by atoms with van der Waals surface area (Å²) in [5.41, 5.74) is 2.93. The van der Waals surface area contributed by atoms with Gasteiger partial charge in [0.25, 0.3) is 0 Å². The summed E-state index contributed by atoms with van der Waals surface area (Å²) in [4.78, 5) is 29.2. The highest BCUT2D eigenvalue weighted by Gasteiger charge is 2.20. The van der Waals surface area contributed by atoms with Gasteiger partial charge in [-0.1, -0.05) is 12.1 Å². The number of rotatable bonds is 8. The van der Waals surface area contributed by atoms with E-state index in [0.29, 0.717) is 26.4 Å². The number of ether oxygens (including phenoxy) is 2. The van der Waals surface area contributed by atoms with Crippen molar-refractivity contribution in [1.29, 1.82) is 0 Å². The van der Waals surface area contributed by atoms with Crippen molar-refractivity contribution in [2.75, 3.05) is 84.5 Å². The molecule has 182 valence electrons. The van der Waals surface area contributed by atoms with Gasteiger partial charge in [0.2, 0.25) is 11.8 Å². The van der Waals surface area contributed by atoms with Crippen molar-refractivity contribution < 1.29 is 23.5 Å². The van der Waals surface area contributed by atoms with Crippen molar-refractivity contribution in [3.05, 3.63) is 48.3 Å². The quantitative estimate of drug-likeness (QED) is 0.591. The Morgan fingerprint density at radius 3 is 2.06 bits per heavy atom. The molecule has 0 aromatic heterocycles. The van der Waals surface area contributed by atoms with Gasteiger partial charge in [-0.3, -0.25) is 9.59 Å². The van der Waals surface area contributed by atoms with Crippen LogP contribution in [0.4, 0.5) is 27.1 Å². The zero-order valence-electron chi connectivity index (χ0n) is 18.9. The number of carbonyl (C=O) groups excluding carboxylic acids is 2. The molecule has 2 heterocycles. The van der Waals surface area contributed by atoms with Gasteiger partial charge in [0, 0.05) is 31.9 Å². The van der Waals surface area contributed by atoms with Gasteiger partial charge >= 0.3 is 0 Å². The van der Waals surface area contributed by atoms with Crippen molar-refractivity contribution in [3.8, 4) is 0 Å². The fourth-order valence-corrected chi connectivity index (χ4v) is 4.50. The van der Waals surface area contributed by atoms with Gasteiger partial charge in [-0.05, 0) is 30.3 Å². The molecule has 2 aliphatic heterocycles. The molecule has 2 aromatic rings. The fourth-order valence-electron chi connectivity index (χ4n) is 3.88. The largest absolute Gasteiger partial charge is 0.378 e. The molecule has 2 amide bonds. The Morgan fingerprint density at radius 2 is 1.41 bits per heavy atom. The van der Waals surface area contributed by atoms with Crippen molar-refractivity contribution in [3.63, 3.8) is 0 Å². The molecule has 34 heavy (non-hydrogen) atoms. The van der Waals surface area contributed by atoms with E-state index in [1.807, 2.05) is 12.1 Å². The summed E-state index contributed by atoms with van der Waals surface area (Å²) < 4.78 is 24.6. The minimum Gasteiger partial charge on any atom is -0.378 e. The number of amides is 2. The fraction of sp³-hybridized carbons (Fsp3) is 0.417. The summed E-state index contributed by atoms with van der Waals surface area (Å²) in [5, 5.41) is 5.52. The first kappa shape index (κ1) is 24.3. The summed E-state index contributed by atoms with van der Waals surface area (Å²) in [5.74, 6) is -0.883. The molecule has 2 aromatic carbocycles. The predicted octanol–water partition coefficient (Wildman–Crippen LogP) is 2.81. The number of thioether (sulfide) groups is 1. The van der Waals surface area contributed by atoms with E-state index in [-0.39, 0.29) is 29.0 Å². The standard InChI is InChI=1S/C24H29FN4O4S/c25-19-3-1-2-4-20(19)26-23(30)16-34-17-24(31)27-21-6-5-18(28-7-11-32-12-8-28)15-22(21)29-9-13-33-14-10-29/h1-6,15H,7-14,16-17H2,(H,26,30)(H,27,31). The number of halogens is 1. The highest BCUT2D eigenvalue weighted by molar-refractivity contribution is 8.00. The number of hydrogen-bond donors (Lipinski definition) is 2. The lowest BCUT2D eigenvalue weighted by atomic mass is 10.1. The van der Waals surface area contributed by atoms with Crippen LogP contribution in [0.2, 0.25) is 0 Å². The molecule has 0 spiro atoms. The Labute approximate surface area is 202 Å². The van der Waals surface area contributed by atoms with Crippen LogP contribution in [-0.4, -0.2) is 75.9 Å². The average molecular weight is 489 g/mol. The Morgan fingerprint density at radius 1 is 0.824 bits per heavy atom. The van der Waals surface area contributed by atoms with Gasteiger partial charge in [0.05, 0.1) is 55.0 Å². The summed E-state index contributed by atoms with van der Waals surface area (Å²) >= 11 is 1.18. The second kappa shape index (κ2) is 12.0. The van der Waals surface area contributed by atoms with Crippen LogP contribution >= 0.6 is 11.8 Å². The first-order chi connectivity index (χ1) is 16.6. The lowest BCUT2D eigenvalue weighted by Crippen LogP contribution is -2.38. The van der Waals surface area contributed by atoms with E-state index in [4.69, 9.17) is 9.47 Å². The third-order valence-electron chi connectivity index (χ3n) is 5.60. The topological polar surface area (TPSA) is 83.1 Å². The molecule has 0 saturated carbocycles. The van der Waals surface area contributed by atoms with Crippen molar-refractivity contribution in [2.45, 2.75) is 0 Å². The normalized spacial score (nSPS) is 16.3. The lowest BCUT2D eigenvalue weighted by molar-refractivity contribution is -0.114. The van der Waals surface area contributed by atoms with Gasteiger partial charge in [-0.2, -0.15) is 0 Å². The second-order valence-electron chi connectivity index (χ2n) is 7.97. The molecular formula is C24H29FN4O4S. The minimum absolute atomic E-state index is 0.0496. The molecule has 2 N–H and O–H groups in total. The van der Waals surface area contributed by atoms with E-state index < -0.39 is 5.82 Å². The first-order valence-corrected chi connectivity index (χ1v) is 12.5. The van der Waals surface area contributed by atoms with Crippen LogP contribution in [0.25, 0.3) is 0 Å². The van der Waals surface area contributed by atoms with E-state index >= 15 is 0 Å². The summed E-state index contributed by atoms with van der Waals surface area (Å²) in [7, 11) is 0. The number of benzene rings is 2. The van der Waals surface area contributed by atoms with Gasteiger partial charge in [-0.25, -0.2) is 4.39 Å². The number of nitrogens with one attached hydrogen (secondary N) is 2. The zero-order chi connectivity index (χ0) is 23.8. The summed E-state index contributed by atoms with van der Waals surface area (Å²) in [6.07, 6.45) is 0. The number of para-hydroxylation sites is 1. The van der Waals surface area contributed by atoms with E-state index in [1.54, 1.807) is 12.1 Å². The van der Waals surface area contributed by atoms with Crippen LogP contribution in [0.3, 0.4) is 0 Å². The summed E-state index contributed by atoms with van der Waals surface area (Å²) in [6.45, 7) is 5.85. The van der Waals surface area contributed by atoms with Crippen molar-refractivity contribution in [2.24, 2.45) is 0 Å². The molecule has 0 bridgehead atoms. The van der Waals surface area contributed by atoms with E-state index in [0.717, 1.165) is 43.2 Å². The van der Waals surface area contributed by atoms with Gasteiger partial charge in [0.15, 0.2) is 0 Å². The number of anilines is 4. The molecule has 2 fully saturated rings. The minimum atomic E-state index is -0.491. The molecule has 4 rings (SSSR count). The Bertz CT molecular complexity index is 997. The molecule has 0 aliphatic carbocycles. The number of morpholine rings is 2. The Balaban J connectivity index is 1.35. The highest BCUT2D eigenvalue weighted by Crippen LogP contribution is 2.32. The van der Waals surface area contributed by atoms with Crippen LogP contribution in [0.15, 0.2) is 42.5 Å². The number of carbonyl (C=O) groups is 2. The maximum Gasteiger partial charge on any atom is 0.234 e. The smallest absolute Gasteiger partial charge is 0.234 e. The Hall–Kier alpha value is -2.82. The van der Waals surface area contributed by atoms with Crippen molar-refractivity contribution >= 4 is 46.3 Å². The lowest BCUT2D eigenvalue weighted by Gasteiger charge is -2.33. The highest BCUT2D eigenvalue weighted by atomic mass is 32.2. The van der Waals surface area contributed by atoms with E-state index in [9.17, 15) is 14.0 Å². The third-order valence-corrected chi connectivity index (χ3v) is 6.53. The zero-order valence-corrected chi connectivity index (χ0v) is 19.7. The van der Waals surface area contributed by atoms with Crippen molar-refractivity contribution in [1.82, 2.24) is 0 Å². The summed E-state index contributed by atoms with van der Waals surface area (Å²) in [6, 6.07) is 12.0. The molecule has 0 atom stereocenters. The van der Waals surface area contributed by atoms with Gasteiger partial charge in [0.1, 0.15) is 5.82 Å². The molecular weight excluding hydrogens is 459 g/mol. The van der Waals surface area contributed by atoms with Crippen LogP contribution < -0.4 is 20.4 Å². The maximum absolute atomic E-state index is 13.7. The molecule has 10 heteroatoms. The molecule has 8 nitrogen and oxygen atoms in total. The molecule has 0 radical (unpaired) electrons. The van der Waals surface area contributed by atoms with Crippen LogP contribution in [0.1, 0.15) is 0 Å².